The van der Waals surface area contributed by atoms with Crippen LogP contribution < -0.4 is 10.6 Å². The van der Waals surface area contributed by atoms with Crippen molar-refractivity contribution in [2.24, 2.45) is 0 Å². The Bertz CT molecular complexity index is 437. The molecule has 5 heteroatoms. The molecule has 0 spiro atoms. The minimum Gasteiger partial charge on any atom is -0.465 e. The second-order valence-corrected chi connectivity index (χ2v) is 4.04. The van der Waals surface area contributed by atoms with Gasteiger partial charge in [0.2, 0.25) is 0 Å². The highest BCUT2D eigenvalue weighted by atomic mass is 16.5. The van der Waals surface area contributed by atoms with E-state index in [-0.39, 0.29) is 12.0 Å². The van der Waals surface area contributed by atoms with Crippen molar-refractivity contribution in [1.82, 2.24) is 5.32 Å². The molecule has 19 heavy (non-hydrogen) atoms. The van der Waals surface area contributed by atoms with E-state index in [0.29, 0.717) is 25.3 Å². The monoisotopic (exact) mass is 261 g/mol. The maximum absolute atomic E-state index is 11.3. The Morgan fingerprint density at radius 1 is 1.37 bits per heavy atom. The van der Waals surface area contributed by atoms with Gasteiger partial charge in [0.05, 0.1) is 18.2 Å². The number of nitrogens with one attached hydrogen (secondary N) is 2. The van der Waals surface area contributed by atoms with Crippen LogP contribution >= 0.6 is 0 Å². The molecule has 1 atom stereocenters. The first-order valence-electron chi connectivity index (χ1n) is 6.31. The SMILES string of the molecule is CCOC(=O)C(C)NCCNc1ccc(C#N)cc1. The van der Waals surface area contributed by atoms with E-state index in [2.05, 4.69) is 16.7 Å². The molecule has 1 aromatic rings. The number of esters is 1. The summed E-state index contributed by atoms with van der Waals surface area (Å²) in [5, 5.41) is 14.9. The molecule has 1 unspecified atom stereocenters. The summed E-state index contributed by atoms with van der Waals surface area (Å²) in [5.74, 6) is -0.235. The minimum atomic E-state index is -0.303. The lowest BCUT2D eigenvalue weighted by atomic mass is 10.2. The highest BCUT2D eigenvalue weighted by molar-refractivity contribution is 5.75. The summed E-state index contributed by atoms with van der Waals surface area (Å²) in [5.41, 5.74) is 1.59. The van der Waals surface area contributed by atoms with E-state index in [9.17, 15) is 4.79 Å². The van der Waals surface area contributed by atoms with Crippen LogP contribution in [-0.2, 0) is 9.53 Å². The number of benzene rings is 1. The Kier molecular flexibility index (Phi) is 6.41. The molecule has 0 radical (unpaired) electrons. The molecule has 1 rings (SSSR count). The van der Waals surface area contributed by atoms with Crippen molar-refractivity contribution >= 4 is 11.7 Å². The lowest BCUT2D eigenvalue weighted by molar-refractivity contribution is -0.145. The number of carbonyl (C=O) groups excluding carboxylic acids is 1. The fourth-order valence-electron chi connectivity index (χ4n) is 1.51. The van der Waals surface area contributed by atoms with E-state index in [1.807, 2.05) is 12.1 Å². The molecule has 0 aliphatic rings. The van der Waals surface area contributed by atoms with Crippen LogP contribution in [0.2, 0.25) is 0 Å². The van der Waals surface area contributed by atoms with Crippen LogP contribution in [0.25, 0.3) is 0 Å². The number of anilines is 1. The first-order valence-corrected chi connectivity index (χ1v) is 6.31. The van der Waals surface area contributed by atoms with Crippen LogP contribution in [0.5, 0.6) is 0 Å². The van der Waals surface area contributed by atoms with Crippen molar-refractivity contribution in [2.45, 2.75) is 19.9 Å². The Hall–Kier alpha value is -2.06. The second kappa shape index (κ2) is 8.11. The molecule has 0 aromatic heterocycles. The smallest absolute Gasteiger partial charge is 0.322 e. The molecule has 2 N–H and O–H groups in total. The molecule has 0 heterocycles. The average molecular weight is 261 g/mol. The quantitative estimate of drug-likeness (QED) is 0.575. The van der Waals surface area contributed by atoms with Gasteiger partial charge in [-0.1, -0.05) is 0 Å². The number of ether oxygens (including phenoxy) is 1. The fourth-order valence-corrected chi connectivity index (χ4v) is 1.51. The van der Waals surface area contributed by atoms with Gasteiger partial charge in [-0.3, -0.25) is 4.79 Å². The minimum absolute atomic E-state index is 0.235. The predicted octanol–water partition coefficient (Wildman–Crippen LogP) is 1.51. The zero-order valence-electron chi connectivity index (χ0n) is 11.3. The molecule has 0 amide bonds. The third-order valence-corrected chi connectivity index (χ3v) is 2.56. The first-order chi connectivity index (χ1) is 9.17. The van der Waals surface area contributed by atoms with Gasteiger partial charge in [-0.15, -0.1) is 0 Å². The number of hydrogen-bond donors (Lipinski definition) is 2. The second-order valence-electron chi connectivity index (χ2n) is 4.04. The summed E-state index contributed by atoms with van der Waals surface area (Å²) in [6.07, 6.45) is 0. The van der Waals surface area contributed by atoms with Crippen LogP contribution in [0, 0.1) is 11.3 Å². The third-order valence-electron chi connectivity index (χ3n) is 2.56. The summed E-state index contributed by atoms with van der Waals surface area (Å²) in [7, 11) is 0. The van der Waals surface area contributed by atoms with E-state index in [0.717, 1.165) is 5.69 Å². The van der Waals surface area contributed by atoms with Crippen LogP contribution in [0.4, 0.5) is 5.69 Å². The van der Waals surface area contributed by atoms with E-state index < -0.39 is 0 Å². The highest BCUT2D eigenvalue weighted by Crippen LogP contribution is 2.07. The zero-order valence-corrected chi connectivity index (χ0v) is 11.3. The zero-order chi connectivity index (χ0) is 14.1. The van der Waals surface area contributed by atoms with E-state index in [1.165, 1.54) is 0 Å². The van der Waals surface area contributed by atoms with Crippen LogP contribution in [0.15, 0.2) is 24.3 Å². The number of nitrogens with zero attached hydrogens (tertiary/aromatic N) is 1. The van der Waals surface area contributed by atoms with Crippen molar-refractivity contribution in [2.75, 3.05) is 25.0 Å². The maximum atomic E-state index is 11.3. The Morgan fingerprint density at radius 2 is 2.05 bits per heavy atom. The van der Waals surface area contributed by atoms with Gasteiger partial charge in [-0.25, -0.2) is 0 Å². The van der Waals surface area contributed by atoms with Gasteiger partial charge >= 0.3 is 5.97 Å². The van der Waals surface area contributed by atoms with Gasteiger partial charge < -0.3 is 15.4 Å². The van der Waals surface area contributed by atoms with E-state index in [1.54, 1.807) is 26.0 Å². The molecule has 5 nitrogen and oxygen atoms in total. The lowest BCUT2D eigenvalue weighted by Gasteiger charge is -2.13. The Balaban J connectivity index is 2.23. The van der Waals surface area contributed by atoms with Gasteiger partial charge in [0.25, 0.3) is 0 Å². The summed E-state index contributed by atoms with van der Waals surface area (Å²) < 4.78 is 4.89. The predicted molar refractivity (Wildman–Crippen MR) is 73.7 cm³/mol. The van der Waals surface area contributed by atoms with E-state index in [4.69, 9.17) is 10.00 Å². The fraction of sp³-hybridized carbons (Fsp3) is 0.429. The molecule has 102 valence electrons. The topological polar surface area (TPSA) is 74.2 Å². The number of nitriles is 1. The summed E-state index contributed by atoms with van der Waals surface area (Å²) in [6, 6.07) is 9.00. The van der Waals surface area contributed by atoms with Gasteiger partial charge in [-0.05, 0) is 38.1 Å². The van der Waals surface area contributed by atoms with Crippen LogP contribution in [0.1, 0.15) is 19.4 Å². The summed E-state index contributed by atoms with van der Waals surface area (Å²) in [6.45, 7) is 5.31. The first kappa shape index (κ1) is 15.0. The number of hydrogen-bond acceptors (Lipinski definition) is 5. The number of rotatable bonds is 7. The van der Waals surface area contributed by atoms with Crippen molar-refractivity contribution in [1.29, 1.82) is 5.26 Å². The van der Waals surface area contributed by atoms with Gasteiger partial charge in [0, 0.05) is 18.8 Å². The molecule has 0 saturated carbocycles. The molecule has 0 aliphatic carbocycles. The lowest BCUT2D eigenvalue weighted by Crippen LogP contribution is -2.38. The standard InChI is InChI=1S/C14H19N3O2/c1-3-19-14(18)11(2)16-8-9-17-13-6-4-12(10-15)5-7-13/h4-7,11,16-17H,3,8-9H2,1-2H3. The normalized spacial score (nSPS) is 11.4. The molecule has 1 aromatic carbocycles. The number of carbonyl (C=O) groups is 1. The third kappa shape index (κ3) is 5.40. The molecule has 0 aliphatic heterocycles. The maximum Gasteiger partial charge on any atom is 0.322 e. The van der Waals surface area contributed by atoms with Crippen molar-refractivity contribution < 1.29 is 9.53 Å². The Labute approximate surface area is 113 Å². The Morgan fingerprint density at radius 3 is 2.63 bits per heavy atom. The van der Waals surface area contributed by atoms with Gasteiger partial charge in [-0.2, -0.15) is 5.26 Å². The van der Waals surface area contributed by atoms with Crippen molar-refractivity contribution in [3.63, 3.8) is 0 Å². The summed E-state index contributed by atoms with van der Waals surface area (Å²) in [4.78, 5) is 11.3. The molecular weight excluding hydrogens is 242 g/mol. The van der Waals surface area contributed by atoms with Gasteiger partial charge in [0.1, 0.15) is 6.04 Å². The average Bonchev–Trinajstić information content (AvgIpc) is 2.44. The largest absolute Gasteiger partial charge is 0.465 e. The van der Waals surface area contributed by atoms with Gasteiger partial charge in [0.15, 0.2) is 0 Å². The molecule has 0 bridgehead atoms. The van der Waals surface area contributed by atoms with Crippen molar-refractivity contribution in [3.8, 4) is 6.07 Å². The molecule has 0 saturated heterocycles. The molecular formula is C14H19N3O2. The summed E-state index contributed by atoms with van der Waals surface area (Å²) >= 11 is 0. The van der Waals surface area contributed by atoms with Crippen LogP contribution in [-0.4, -0.2) is 31.7 Å². The van der Waals surface area contributed by atoms with E-state index >= 15 is 0 Å². The molecule has 0 fully saturated rings. The highest BCUT2D eigenvalue weighted by Gasteiger charge is 2.11. The van der Waals surface area contributed by atoms with Crippen molar-refractivity contribution in [3.05, 3.63) is 29.8 Å². The van der Waals surface area contributed by atoms with Crippen LogP contribution in [0.3, 0.4) is 0 Å².